The van der Waals surface area contributed by atoms with E-state index in [-0.39, 0.29) is 11.2 Å². The highest BCUT2D eigenvalue weighted by Crippen LogP contribution is 2.31. The van der Waals surface area contributed by atoms with Gasteiger partial charge < -0.3 is 0 Å². The van der Waals surface area contributed by atoms with Gasteiger partial charge in [-0.3, -0.25) is 0 Å². The molecule has 1 atom stereocenters. The molecular weight excluding hydrogens is 306 g/mol. The van der Waals surface area contributed by atoms with Crippen molar-refractivity contribution >= 4 is 34.8 Å². The molecule has 0 aromatic heterocycles. The van der Waals surface area contributed by atoms with E-state index in [4.69, 9.17) is 34.8 Å². The van der Waals surface area contributed by atoms with Crippen LogP contribution in [0.3, 0.4) is 0 Å². The molecule has 0 heterocycles. The summed E-state index contributed by atoms with van der Waals surface area (Å²) in [6.07, 6.45) is 0.341. The molecule has 2 aromatic rings. The van der Waals surface area contributed by atoms with Crippen molar-refractivity contribution in [3.8, 4) is 0 Å². The average Bonchev–Trinajstić information content (AvgIpc) is 2.37. The van der Waals surface area contributed by atoms with Gasteiger partial charge in [0.2, 0.25) is 0 Å². The van der Waals surface area contributed by atoms with E-state index in [9.17, 15) is 4.39 Å². The zero-order chi connectivity index (χ0) is 14.0. The smallest absolute Gasteiger partial charge is 0.127 e. The van der Waals surface area contributed by atoms with Crippen LogP contribution in [0.2, 0.25) is 10.0 Å². The Hall–Kier alpha value is -0.760. The largest absolute Gasteiger partial charge is 0.207 e. The minimum atomic E-state index is -0.342. The molecule has 1 unspecified atom stereocenters. The lowest BCUT2D eigenvalue weighted by Crippen LogP contribution is -2.00. The van der Waals surface area contributed by atoms with E-state index in [2.05, 4.69) is 0 Å². The van der Waals surface area contributed by atoms with Crippen LogP contribution in [0.5, 0.6) is 0 Å². The first-order valence-corrected chi connectivity index (χ1v) is 7.01. The van der Waals surface area contributed by atoms with Gasteiger partial charge in [0.1, 0.15) is 5.82 Å². The van der Waals surface area contributed by atoms with Crippen molar-refractivity contribution in [3.05, 3.63) is 69.0 Å². The molecule has 0 fully saturated rings. The van der Waals surface area contributed by atoms with Crippen molar-refractivity contribution in [3.63, 3.8) is 0 Å². The molecule has 0 spiro atoms. The van der Waals surface area contributed by atoms with Crippen molar-refractivity contribution < 1.29 is 4.39 Å². The van der Waals surface area contributed by atoms with E-state index in [0.29, 0.717) is 22.0 Å². The molecular formula is C15H12Cl3F. The molecule has 0 radical (unpaired) electrons. The van der Waals surface area contributed by atoms with E-state index in [1.165, 1.54) is 6.07 Å². The lowest BCUT2D eigenvalue weighted by molar-refractivity contribution is 0.607. The fourth-order valence-electron chi connectivity index (χ4n) is 1.89. The maximum Gasteiger partial charge on any atom is 0.127 e. The van der Waals surface area contributed by atoms with E-state index >= 15 is 0 Å². The van der Waals surface area contributed by atoms with Gasteiger partial charge in [0, 0.05) is 15.6 Å². The van der Waals surface area contributed by atoms with Gasteiger partial charge in [0.05, 0.1) is 5.38 Å². The van der Waals surface area contributed by atoms with Crippen LogP contribution < -0.4 is 0 Å². The highest BCUT2D eigenvalue weighted by molar-refractivity contribution is 6.32. The van der Waals surface area contributed by atoms with Crippen LogP contribution in [0, 0.1) is 12.7 Å². The first-order chi connectivity index (χ1) is 8.99. The maximum atomic E-state index is 13.7. The summed E-state index contributed by atoms with van der Waals surface area (Å²) in [4.78, 5) is 0. The molecule has 100 valence electrons. The lowest BCUT2D eigenvalue weighted by Gasteiger charge is -2.13. The van der Waals surface area contributed by atoms with E-state index < -0.39 is 0 Å². The Kier molecular flexibility index (Phi) is 4.72. The molecule has 0 nitrogen and oxygen atoms in total. The summed E-state index contributed by atoms with van der Waals surface area (Å²) < 4.78 is 13.7. The topological polar surface area (TPSA) is 0 Å². The number of halogens is 4. The second kappa shape index (κ2) is 6.13. The average molecular weight is 318 g/mol. The molecule has 0 saturated carbocycles. The summed E-state index contributed by atoms with van der Waals surface area (Å²) in [7, 11) is 0. The molecule has 19 heavy (non-hydrogen) atoms. The number of hydrogen-bond donors (Lipinski definition) is 0. The van der Waals surface area contributed by atoms with Crippen molar-refractivity contribution in [2.75, 3.05) is 0 Å². The van der Waals surface area contributed by atoms with Crippen LogP contribution in [-0.4, -0.2) is 0 Å². The normalized spacial score (nSPS) is 12.5. The van der Waals surface area contributed by atoms with Gasteiger partial charge >= 0.3 is 0 Å². The summed E-state index contributed by atoms with van der Waals surface area (Å²) in [5.74, 6) is -0.330. The Morgan fingerprint density at radius 1 is 1.11 bits per heavy atom. The number of aryl methyl sites for hydroxylation is 1. The SMILES string of the molecule is Cc1cc(C(Cl)Cc2c(F)cccc2Cl)ccc1Cl. The molecule has 0 amide bonds. The number of rotatable bonds is 3. The summed E-state index contributed by atoms with van der Waals surface area (Å²) in [5, 5.41) is 0.748. The predicted molar refractivity (Wildman–Crippen MR) is 79.9 cm³/mol. The Morgan fingerprint density at radius 2 is 1.84 bits per heavy atom. The molecule has 0 bridgehead atoms. The van der Waals surface area contributed by atoms with Gasteiger partial charge in [0.15, 0.2) is 0 Å². The quantitative estimate of drug-likeness (QED) is 0.612. The lowest BCUT2D eigenvalue weighted by atomic mass is 10.0. The van der Waals surface area contributed by atoms with Crippen molar-refractivity contribution in [2.45, 2.75) is 18.7 Å². The minimum Gasteiger partial charge on any atom is -0.207 e. The third-order valence-electron chi connectivity index (χ3n) is 2.99. The van der Waals surface area contributed by atoms with Gasteiger partial charge in [-0.2, -0.15) is 0 Å². The molecule has 4 heteroatoms. The third kappa shape index (κ3) is 3.42. The van der Waals surface area contributed by atoms with E-state index in [1.54, 1.807) is 18.2 Å². The zero-order valence-corrected chi connectivity index (χ0v) is 12.5. The van der Waals surface area contributed by atoms with E-state index in [1.807, 2.05) is 19.1 Å². The first kappa shape index (κ1) is 14.6. The number of benzene rings is 2. The van der Waals surface area contributed by atoms with Crippen molar-refractivity contribution in [2.24, 2.45) is 0 Å². The second-order valence-corrected chi connectivity index (χ2v) is 5.72. The monoisotopic (exact) mass is 316 g/mol. The Bertz CT molecular complexity index is 576. The van der Waals surface area contributed by atoms with Crippen LogP contribution in [0.4, 0.5) is 4.39 Å². The molecule has 2 aromatic carbocycles. The molecule has 0 aliphatic heterocycles. The summed E-state index contributed by atoms with van der Waals surface area (Å²) in [6, 6.07) is 10.2. The van der Waals surface area contributed by atoms with Crippen LogP contribution in [0.1, 0.15) is 22.1 Å². The predicted octanol–water partition coefficient (Wildman–Crippen LogP) is 5.96. The van der Waals surface area contributed by atoms with Crippen molar-refractivity contribution in [1.82, 2.24) is 0 Å². The third-order valence-corrected chi connectivity index (χ3v) is 4.17. The Morgan fingerprint density at radius 3 is 2.47 bits per heavy atom. The second-order valence-electron chi connectivity index (χ2n) is 4.38. The molecule has 0 aliphatic carbocycles. The van der Waals surface area contributed by atoms with Gasteiger partial charge in [-0.1, -0.05) is 41.4 Å². The van der Waals surface area contributed by atoms with Crippen LogP contribution in [0.15, 0.2) is 36.4 Å². The highest BCUT2D eigenvalue weighted by Gasteiger charge is 2.15. The maximum absolute atomic E-state index is 13.7. The van der Waals surface area contributed by atoms with Crippen molar-refractivity contribution in [1.29, 1.82) is 0 Å². The van der Waals surface area contributed by atoms with Gasteiger partial charge in [-0.25, -0.2) is 4.39 Å². The highest BCUT2D eigenvalue weighted by atomic mass is 35.5. The van der Waals surface area contributed by atoms with Gasteiger partial charge in [-0.15, -0.1) is 11.6 Å². The standard InChI is InChI=1S/C15H12Cl3F/c1-9-7-10(5-6-12(9)16)14(18)8-11-13(17)3-2-4-15(11)19/h2-7,14H,8H2,1H3. The molecule has 2 rings (SSSR count). The van der Waals surface area contributed by atoms with Gasteiger partial charge in [0.25, 0.3) is 0 Å². The Balaban J connectivity index is 2.25. The fraction of sp³-hybridized carbons (Fsp3) is 0.200. The Labute approximate surface area is 127 Å². The fourth-order valence-corrected chi connectivity index (χ4v) is 2.53. The summed E-state index contributed by atoms with van der Waals surface area (Å²) in [5.41, 5.74) is 2.30. The number of alkyl halides is 1. The first-order valence-electron chi connectivity index (χ1n) is 5.82. The zero-order valence-electron chi connectivity index (χ0n) is 10.3. The van der Waals surface area contributed by atoms with Gasteiger partial charge in [-0.05, 0) is 42.7 Å². The molecule has 0 aliphatic rings. The number of hydrogen-bond acceptors (Lipinski definition) is 0. The molecule has 0 N–H and O–H groups in total. The van der Waals surface area contributed by atoms with Crippen LogP contribution in [0.25, 0.3) is 0 Å². The van der Waals surface area contributed by atoms with Crippen LogP contribution >= 0.6 is 34.8 Å². The minimum absolute atomic E-state index is 0.330. The summed E-state index contributed by atoms with van der Waals surface area (Å²) in [6.45, 7) is 1.91. The molecule has 0 saturated heterocycles. The summed E-state index contributed by atoms with van der Waals surface area (Å²) >= 11 is 18.3. The van der Waals surface area contributed by atoms with Crippen LogP contribution in [-0.2, 0) is 6.42 Å². The van der Waals surface area contributed by atoms with E-state index in [0.717, 1.165) is 11.1 Å².